The molecule has 0 spiro atoms. The fourth-order valence-corrected chi connectivity index (χ4v) is 16.2. The van der Waals surface area contributed by atoms with Crippen LogP contribution in [0.15, 0.2) is 188 Å². The number of benzene rings is 8. The zero-order valence-electron chi connectivity index (χ0n) is 28.2. The Morgan fingerprint density at radius 1 is 0.327 bits per heavy atom. The maximum absolute atomic E-state index is 2.57. The zero-order chi connectivity index (χ0) is 34.2. The van der Waals surface area contributed by atoms with Gasteiger partial charge in [-0.05, 0) is 80.4 Å². The Morgan fingerprint density at radius 2 is 0.769 bits per heavy atom. The average Bonchev–Trinajstić information content (AvgIpc) is 3.86. The van der Waals surface area contributed by atoms with Gasteiger partial charge < -0.3 is 4.90 Å². The van der Waals surface area contributed by atoms with E-state index in [2.05, 4.69) is 193 Å². The van der Waals surface area contributed by atoms with Gasteiger partial charge in [0.05, 0.1) is 0 Å². The molecule has 0 fully saturated rings. The highest BCUT2D eigenvalue weighted by atomic mass is 32.1. The van der Waals surface area contributed by atoms with Crippen LogP contribution in [0.4, 0.5) is 17.1 Å². The van der Waals surface area contributed by atoms with Crippen LogP contribution < -0.4 is 25.6 Å². The second kappa shape index (κ2) is 11.6. The molecule has 10 aromatic rings. The van der Waals surface area contributed by atoms with Crippen molar-refractivity contribution in [3.63, 3.8) is 0 Å². The van der Waals surface area contributed by atoms with Crippen molar-refractivity contribution in [1.82, 2.24) is 0 Å². The highest BCUT2D eigenvalue weighted by Crippen LogP contribution is 2.44. The number of anilines is 3. The van der Waals surface area contributed by atoms with Gasteiger partial charge in [0, 0.05) is 57.4 Å². The lowest BCUT2D eigenvalue weighted by molar-refractivity contribution is 1.30. The third-order valence-electron chi connectivity index (χ3n) is 10.9. The first kappa shape index (κ1) is 29.9. The largest absolute Gasteiger partial charge is 0.310 e. The number of thiophene rings is 2. The van der Waals surface area contributed by atoms with E-state index in [1.807, 2.05) is 22.7 Å². The second-order valence-corrected chi connectivity index (χ2v) is 19.5. The molecule has 0 atom stereocenters. The number of rotatable bonds is 5. The van der Waals surface area contributed by atoms with Gasteiger partial charge in [0.15, 0.2) is 8.07 Å². The highest BCUT2D eigenvalue weighted by Gasteiger charge is 2.48. The number of hydrogen-bond donors (Lipinski definition) is 0. The fourth-order valence-electron chi connectivity index (χ4n) is 8.73. The molecule has 0 aliphatic carbocycles. The summed E-state index contributed by atoms with van der Waals surface area (Å²) in [5.41, 5.74) is 6.18. The first-order valence-electron chi connectivity index (χ1n) is 17.8. The minimum absolute atomic E-state index is 1.17. The molecule has 0 amide bonds. The van der Waals surface area contributed by atoms with Gasteiger partial charge in [-0.25, -0.2) is 0 Å². The van der Waals surface area contributed by atoms with E-state index >= 15 is 0 Å². The van der Waals surface area contributed by atoms with Gasteiger partial charge in [-0.1, -0.05) is 140 Å². The van der Waals surface area contributed by atoms with Crippen LogP contribution in [-0.2, 0) is 0 Å². The second-order valence-electron chi connectivity index (χ2n) is 13.7. The Kier molecular flexibility index (Phi) is 6.68. The lowest BCUT2D eigenvalue weighted by Gasteiger charge is -2.32. The molecule has 0 radical (unpaired) electrons. The van der Waals surface area contributed by atoms with Crippen molar-refractivity contribution in [2.45, 2.75) is 0 Å². The maximum atomic E-state index is 2.48. The van der Waals surface area contributed by atoms with Crippen LogP contribution in [-0.4, -0.2) is 8.07 Å². The van der Waals surface area contributed by atoms with Crippen LogP contribution in [0.1, 0.15) is 0 Å². The monoisotopic (exact) mass is 713 g/mol. The van der Waals surface area contributed by atoms with E-state index in [1.165, 1.54) is 89.3 Å². The Hall–Kier alpha value is -5.78. The van der Waals surface area contributed by atoms with E-state index in [0.29, 0.717) is 0 Å². The molecule has 3 heterocycles. The quantitative estimate of drug-likeness (QED) is 0.161. The van der Waals surface area contributed by atoms with Crippen LogP contribution in [0.5, 0.6) is 0 Å². The Morgan fingerprint density at radius 3 is 1.37 bits per heavy atom. The van der Waals surface area contributed by atoms with Crippen molar-refractivity contribution in [2.24, 2.45) is 0 Å². The van der Waals surface area contributed by atoms with Gasteiger partial charge in [0.25, 0.3) is 0 Å². The summed E-state index contributed by atoms with van der Waals surface area (Å²) >= 11 is 3.75. The molecule has 1 aliphatic heterocycles. The molecule has 0 saturated carbocycles. The minimum Gasteiger partial charge on any atom is -0.310 e. The van der Waals surface area contributed by atoms with Gasteiger partial charge in [-0.3, -0.25) is 0 Å². The standard InChI is InChI=1S/C48H31NS2Si/c1-3-13-35(14-4-1)52(36-15-5-2-6-16-36)47-22-12-9-19-41(47)42-29-32(25-28-48(42)52)49(33-23-26-39-37-17-7-10-20-43(37)50-45(39)30-33)34-24-27-40-38-18-8-11-21-44(38)51-46(40)31-34/h1-31H. The van der Waals surface area contributed by atoms with Crippen molar-refractivity contribution in [3.8, 4) is 11.1 Å². The molecule has 11 rings (SSSR count). The van der Waals surface area contributed by atoms with Crippen LogP contribution in [0, 0.1) is 0 Å². The summed E-state index contributed by atoms with van der Waals surface area (Å²) in [5, 5.41) is 11.0. The summed E-state index contributed by atoms with van der Waals surface area (Å²) in [6, 6.07) is 70.6. The molecule has 1 nitrogen and oxygen atoms in total. The van der Waals surface area contributed by atoms with Gasteiger partial charge in [0.1, 0.15) is 0 Å². The number of nitrogens with zero attached hydrogens (tertiary/aromatic N) is 1. The predicted octanol–water partition coefficient (Wildman–Crippen LogP) is 11.2. The van der Waals surface area contributed by atoms with Crippen molar-refractivity contribution < 1.29 is 0 Å². The summed E-state index contributed by atoms with van der Waals surface area (Å²) in [6.45, 7) is 0. The molecule has 0 N–H and O–H groups in total. The molecular weight excluding hydrogens is 683 g/mol. The summed E-state index contributed by atoms with van der Waals surface area (Å²) < 4.78 is 5.26. The van der Waals surface area contributed by atoms with E-state index in [9.17, 15) is 0 Å². The average molecular weight is 714 g/mol. The molecule has 0 unspecified atom stereocenters. The van der Waals surface area contributed by atoms with Gasteiger partial charge in [-0.15, -0.1) is 22.7 Å². The molecular formula is C48H31NS2Si. The predicted molar refractivity (Wildman–Crippen MR) is 230 cm³/mol. The van der Waals surface area contributed by atoms with Crippen LogP contribution in [0.25, 0.3) is 51.5 Å². The van der Waals surface area contributed by atoms with E-state index in [4.69, 9.17) is 0 Å². The molecule has 244 valence electrons. The molecule has 8 aromatic carbocycles. The summed E-state index contributed by atoms with van der Waals surface area (Å²) in [4.78, 5) is 2.48. The first-order valence-corrected chi connectivity index (χ1v) is 21.4. The van der Waals surface area contributed by atoms with E-state index in [1.54, 1.807) is 0 Å². The van der Waals surface area contributed by atoms with Crippen molar-refractivity contribution in [1.29, 1.82) is 0 Å². The van der Waals surface area contributed by atoms with Crippen molar-refractivity contribution in [3.05, 3.63) is 188 Å². The van der Waals surface area contributed by atoms with Crippen molar-refractivity contribution >= 4 is 109 Å². The topological polar surface area (TPSA) is 3.24 Å². The molecule has 0 bridgehead atoms. The van der Waals surface area contributed by atoms with Gasteiger partial charge in [0.2, 0.25) is 0 Å². The molecule has 1 aliphatic rings. The Bertz CT molecular complexity index is 2830. The number of fused-ring (bicyclic) bond motifs is 9. The van der Waals surface area contributed by atoms with Crippen LogP contribution in [0.3, 0.4) is 0 Å². The lowest BCUT2D eigenvalue weighted by Crippen LogP contribution is -2.72. The summed E-state index contributed by atoms with van der Waals surface area (Å²) in [7, 11) is -2.57. The van der Waals surface area contributed by atoms with E-state index in [-0.39, 0.29) is 0 Å². The number of hydrogen-bond acceptors (Lipinski definition) is 3. The lowest BCUT2D eigenvalue weighted by atomic mass is 10.0. The summed E-state index contributed by atoms with van der Waals surface area (Å²) in [6.07, 6.45) is 0. The molecule has 52 heavy (non-hydrogen) atoms. The summed E-state index contributed by atoms with van der Waals surface area (Å²) in [5.74, 6) is 0. The zero-order valence-corrected chi connectivity index (χ0v) is 30.8. The smallest absolute Gasteiger partial charge is 0.180 e. The maximum Gasteiger partial charge on any atom is 0.180 e. The molecule has 4 heteroatoms. The normalized spacial score (nSPS) is 13.2. The van der Waals surface area contributed by atoms with Crippen LogP contribution >= 0.6 is 22.7 Å². The van der Waals surface area contributed by atoms with Crippen molar-refractivity contribution in [2.75, 3.05) is 4.90 Å². The molecule has 2 aromatic heterocycles. The SMILES string of the molecule is c1ccc([Si]2(c3ccccc3)c3ccccc3-c3cc(N(c4ccc5c(c4)sc4ccccc45)c4ccc5c(c4)sc4ccccc45)ccc32)cc1. The van der Waals surface area contributed by atoms with Crippen LogP contribution in [0.2, 0.25) is 0 Å². The van der Waals surface area contributed by atoms with Gasteiger partial charge >= 0.3 is 0 Å². The van der Waals surface area contributed by atoms with E-state index in [0.717, 1.165) is 0 Å². The minimum atomic E-state index is -2.57. The Labute approximate surface area is 311 Å². The van der Waals surface area contributed by atoms with E-state index < -0.39 is 8.07 Å². The fraction of sp³-hybridized carbons (Fsp3) is 0. The first-order chi connectivity index (χ1) is 25.8. The Balaban J connectivity index is 1.17. The third-order valence-corrected chi connectivity index (χ3v) is 18.1. The highest BCUT2D eigenvalue weighted by molar-refractivity contribution is 7.26. The van der Waals surface area contributed by atoms with Gasteiger partial charge in [-0.2, -0.15) is 0 Å². The third kappa shape index (κ3) is 4.32. The molecule has 0 saturated heterocycles.